The van der Waals surface area contributed by atoms with Gasteiger partial charge in [-0.3, -0.25) is 9.59 Å². The molecule has 0 aromatic carbocycles. The third-order valence-electron chi connectivity index (χ3n) is 2.79. The Kier molecular flexibility index (Phi) is 2.21. The summed E-state index contributed by atoms with van der Waals surface area (Å²) < 4.78 is 6.30. The van der Waals surface area contributed by atoms with Crippen molar-refractivity contribution in [3.05, 3.63) is 49.9 Å². The lowest BCUT2D eigenvalue weighted by Crippen LogP contribution is -2.22. The van der Waals surface area contributed by atoms with Gasteiger partial charge in [0.25, 0.3) is 5.56 Å². The largest absolute Gasteiger partial charge is 0.465 e. The zero-order valence-corrected chi connectivity index (χ0v) is 10.1. The summed E-state index contributed by atoms with van der Waals surface area (Å²) in [4.78, 5) is 35.1. The molecule has 3 rings (SSSR count). The number of carbonyl (C=O) groups is 1. The average Bonchev–Trinajstić information content (AvgIpc) is 2.74. The van der Waals surface area contributed by atoms with Gasteiger partial charge in [0.05, 0.1) is 17.5 Å². The molecule has 0 spiro atoms. The highest BCUT2D eigenvalue weighted by molar-refractivity contribution is 7.16. The van der Waals surface area contributed by atoms with Crippen molar-refractivity contribution in [2.45, 2.75) is 0 Å². The second kappa shape index (κ2) is 3.64. The molecule has 0 saturated carbocycles. The fraction of sp³-hybridized carbons (Fsp3) is 0.0833. The first-order valence-electron chi connectivity index (χ1n) is 5.13. The van der Waals surface area contributed by atoms with Gasteiger partial charge in [-0.15, -0.1) is 0 Å². The number of ether oxygens (including phenoxy) is 1. The Morgan fingerprint density at radius 3 is 2.72 bits per heavy atom. The Morgan fingerprint density at radius 2 is 2.00 bits per heavy atom. The molecular formula is C12H7NO4S. The Morgan fingerprint density at radius 1 is 1.28 bits per heavy atom. The van der Waals surface area contributed by atoms with Gasteiger partial charge in [0, 0.05) is 5.56 Å². The van der Waals surface area contributed by atoms with Gasteiger partial charge >= 0.3 is 10.8 Å². The second-order valence-corrected chi connectivity index (χ2v) is 4.71. The number of aromatic nitrogens is 1. The molecule has 0 N–H and O–H groups in total. The third kappa shape index (κ3) is 1.23. The van der Waals surface area contributed by atoms with Crippen LogP contribution in [0.5, 0.6) is 0 Å². The molecule has 1 aromatic rings. The minimum absolute atomic E-state index is 0.0846. The first-order valence-corrected chi connectivity index (χ1v) is 5.95. The minimum atomic E-state index is -0.722. The number of hydrogen-bond acceptors (Lipinski definition) is 5. The number of esters is 1. The zero-order valence-electron chi connectivity index (χ0n) is 9.30. The van der Waals surface area contributed by atoms with Crippen LogP contribution in [0.25, 0.3) is 16.0 Å². The van der Waals surface area contributed by atoms with Gasteiger partial charge in [-0.2, -0.15) is 0 Å². The van der Waals surface area contributed by atoms with E-state index in [0.717, 1.165) is 15.7 Å². The normalized spacial score (nSPS) is 11.2. The fourth-order valence-corrected chi connectivity index (χ4v) is 2.94. The van der Waals surface area contributed by atoms with Gasteiger partial charge < -0.3 is 4.74 Å². The Balaban J connectivity index is 2.60. The van der Waals surface area contributed by atoms with E-state index in [1.54, 1.807) is 24.3 Å². The number of rotatable bonds is 1. The summed E-state index contributed by atoms with van der Waals surface area (Å²) >= 11 is 0.984. The number of thiazole rings is 1. The fourth-order valence-electron chi connectivity index (χ4n) is 2.04. The lowest BCUT2D eigenvalue weighted by Gasteiger charge is -1.96. The lowest BCUT2D eigenvalue weighted by atomic mass is 10.1. The smallest absolute Gasteiger partial charge is 0.344 e. The van der Waals surface area contributed by atoms with Gasteiger partial charge in [-0.1, -0.05) is 29.5 Å². The molecule has 2 aliphatic rings. The predicted molar refractivity (Wildman–Crippen MR) is 67.0 cm³/mol. The quantitative estimate of drug-likeness (QED) is 0.614. The van der Waals surface area contributed by atoms with Gasteiger partial charge in [0.15, 0.2) is 0 Å². The van der Waals surface area contributed by atoms with Crippen LogP contribution in [0, 0.1) is 0 Å². The van der Waals surface area contributed by atoms with E-state index in [9.17, 15) is 14.4 Å². The number of carbonyl (C=O) groups excluding carboxylic acids is 1. The summed E-state index contributed by atoms with van der Waals surface area (Å²) in [5.41, 5.74) is 0.239. The van der Waals surface area contributed by atoms with Crippen molar-refractivity contribution in [3.8, 4) is 11.3 Å². The van der Waals surface area contributed by atoms with E-state index in [1.807, 2.05) is 0 Å². The molecule has 0 unspecified atom stereocenters. The topological polar surface area (TPSA) is 64.8 Å². The van der Waals surface area contributed by atoms with Gasteiger partial charge in [0.1, 0.15) is 5.56 Å². The van der Waals surface area contributed by atoms with Crippen molar-refractivity contribution in [1.29, 1.82) is 0 Å². The minimum Gasteiger partial charge on any atom is -0.465 e. The summed E-state index contributed by atoms with van der Waals surface area (Å²) in [5.74, 6) is -0.722. The molecule has 0 saturated heterocycles. The van der Waals surface area contributed by atoms with Crippen LogP contribution in [0.4, 0.5) is 0 Å². The van der Waals surface area contributed by atoms with E-state index in [4.69, 9.17) is 0 Å². The molecule has 5 nitrogen and oxygen atoms in total. The molecule has 0 bridgehead atoms. The summed E-state index contributed by atoms with van der Waals surface area (Å²) in [6.45, 7) is 0. The molecule has 1 aliphatic heterocycles. The van der Waals surface area contributed by atoms with Crippen LogP contribution >= 0.6 is 11.3 Å². The highest BCUT2D eigenvalue weighted by Gasteiger charge is 2.28. The van der Waals surface area contributed by atoms with Crippen molar-refractivity contribution < 1.29 is 9.53 Å². The monoisotopic (exact) mass is 261 g/mol. The SMILES string of the molecule is COC(=O)c1c2ccccc3sc(=O)n(c3-2)c1=O. The molecule has 0 radical (unpaired) electrons. The van der Waals surface area contributed by atoms with E-state index in [-0.39, 0.29) is 10.4 Å². The molecule has 1 aliphatic carbocycles. The van der Waals surface area contributed by atoms with Crippen molar-refractivity contribution in [1.82, 2.24) is 4.40 Å². The van der Waals surface area contributed by atoms with Gasteiger partial charge in [0.2, 0.25) is 0 Å². The highest BCUT2D eigenvalue weighted by atomic mass is 32.1. The van der Waals surface area contributed by atoms with E-state index in [1.165, 1.54) is 7.11 Å². The van der Waals surface area contributed by atoms with Crippen LogP contribution < -0.4 is 10.4 Å². The maximum atomic E-state index is 12.1. The first kappa shape index (κ1) is 10.9. The summed E-state index contributed by atoms with van der Waals surface area (Å²) in [7, 11) is 1.21. The second-order valence-electron chi connectivity index (χ2n) is 3.72. The number of methoxy groups -OCH3 is 1. The highest BCUT2D eigenvalue weighted by Crippen LogP contribution is 2.30. The standard InChI is InChI=1S/C12H7NO4S/c1-17-11(15)8-6-4-2-3-5-7-9(6)13(10(8)14)12(16)18-7/h2-5H,1H3. The molecule has 90 valence electrons. The predicted octanol–water partition coefficient (Wildman–Crippen LogP) is 1.05. The van der Waals surface area contributed by atoms with Crippen LogP contribution in [0.1, 0.15) is 10.4 Å². The van der Waals surface area contributed by atoms with Gasteiger partial charge in [-0.25, -0.2) is 9.20 Å². The average molecular weight is 261 g/mol. The van der Waals surface area contributed by atoms with Crippen molar-refractivity contribution in [3.63, 3.8) is 0 Å². The van der Waals surface area contributed by atoms with E-state index >= 15 is 0 Å². The van der Waals surface area contributed by atoms with Crippen LogP contribution in [0.2, 0.25) is 0 Å². The van der Waals surface area contributed by atoms with Crippen LogP contribution in [-0.4, -0.2) is 17.5 Å². The molecule has 0 fully saturated rings. The van der Waals surface area contributed by atoms with Crippen molar-refractivity contribution >= 4 is 22.0 Å². The maximum absolute atomic E-state index is 12.1. The summed E-state index contributed by atoms with van der Waals surface area (Å²) in [6.07, 6.45) is 0. The lowest BCUT2D eigenvalue weighted by molar-refractivity contribution is 0.0600. The number of hydrogen-bond donors (Lipinski definition) is 0. The summed E-state index contributed by atoms with van der Waals surface area (Å²) in [6, 6.07) is 6.87. The van der Waals surface area contributed by atoms with E-state index in [2.05, 4.69) is 4.74 Å². The molecule has 1 aromatic heterocycles. The molecular weight excluding hydrogens is 254 g/mol. The number of nitrogens with zero attached hydrogens (tertiary/aromatic N) is 1. The maximum Gasteiger partial charge on any atom is 0.344 e. The van der Waals surface area contributed by atoms with Crippen LogP contribution in [-0.2, 0) is 4.74 Å². The molecule has 18 heavy (non-hydrogen) atoms. The molecule has 2 heterocycles. The molecule has 0 atom stereocenters. The van der Waals surface area contributed by atoms with E-state index in [0.29, 0.717) is 16.0 Å². The molecule has 6 heteroatoms. The zero-order chi connectivity index (χ0) is 12.9. The first-order chi connectivity index (χ1) is 8.65. The third-order valence-corrected chi connectivity index (χ3v) is 3.70. The van der Waals surface area contributed by atoms with E-state index < -0.39 is 11.5 Å². The van der Waals surface area contributed by atoms with Crippen molar-refractivity contribution in [2.75, 3.05) is 7.11 Å². The van der Waals surface area contributed by atoms with Gasteiger partial charge in [-0.05, 0) is 6.07 Å². The Labute approximate surface area is 105 Å². The molecule has 0 amide bonds. The Hall–Kier alpha value is -2.21. The van der Waals surface area contributed by atoms with Crippen molar-refractivity contribution in [2.24, 2.45) is 0 Å². The summed E-state index contributed by atoms with van der Waals surface area (Å²) in [5, 5.41) is 0. The Bertz CT molecular complexity index is 832. The van der Waals surface area contributed by atoms with Crippen LogP contribution in [0.15, 0.2) is 33.9 Å². The van der Waals surface area contributed by atoms with Crippen LogP contribution in [0.3, 0.4) is 0 Å².